The fraction of sp³-hybridized carbons (Fsp3) is 0.250. The summed E-state index contributed by atoms with van der Waals surface area (Å²) in [5.74, 6) is -1.39. The van der Waals surface area contributed by atoms with Crippen LogP contribution in [-0.2, 0) is 0 Å². The van der Waals surface area contributed by atoms with Gasteiger partial charge in [-0.1, -0.05) is 6.07 Å². The molecule has 110 valence electrons. The van der Waals surface area contributed by atoms with Crippen LogP contribution in [0.2, 0.25) is 0 Å². The van der Waals surface area contributed by atoms with Crippen LogP contribution in [-0.4, -0.2) is 22.6 Å². The van der Waals surface area contributed by atoms with E-state index in [9.17, 15) is 14.3 Å². The Bertz CT molecular complexity index is 686. The fourth-order valence-electron chi connectivity index (χ4n) is 2.42. The van der Waals surface area contributed by atoms with Gasteiger partial charge in [-0.25, -0.2) is 9.18 Å². The lowest BCUT2D eigenvalue weighted by atomic mass is 10.1. The number of hydrogen-bond acceptors (Lipinski definition) is 3. The van der Waals surface area contributed by atoms with Crippen LogP contribution in [0.1, 0.15) is 28.7 Å². The van der Waals surface area contributed by atoms with Gasteiger partial charge >= 0.3 is 5.97 Å². The number of halogens is 1. The minimum Gasteiger partial charge on any atom is -0.478 e. The van der Waals surface area contributed by atoms with Gasteiger partial charge < -0.3 is 10.0 Å². The van der Waals surface area contributed by atoms with Gasteiger partial charge in [-0.15, -0.1) is 0 Å². The summed E-state index contributed by atoms with van der Waals surface area (Å²) in [6.07, 6.45) is 0. The van der Waals surface area contributed by atoms with E-state index in [2.05, 4.69) is 4.98 Å². The van der Waals surface area contributed by atoms with Gasteiger partial charge in [0.1, 0.15) is 11.4 Å². The first-order valence-corrected chi connectivity index (χ1v) is 6.68. The second-order valence-corrected chi connectivity index (χ2v) is 4.77. The SMILES string of the molecule is CCN(c1cccc(F)c1)c1cc(C)nc(C)c1C(=O)O. The van der Waals surface area contributed by atoms with Crippen molar-refractivity contribution in [1.82, 2.24) is 4.98 Å². The molecule has 1 aromatic carbocycles. The highest BCUT2D eigenvalue weighted by atomic mass is 19.1. The second-order valence-electron chi connectivity index (χ2n) is 4.77. The van der Waals surface area contributed by atoms with Crippen LogP contribution in [0, 0.1) is 19.7 Å². The Morgan fingerprint density at radius 3 is 2.62 bits per heavy atom. The Labute approximate surface area is 122 Å². The third-order valence-electron chi connectivity index (χ3n) is 3.25. The van der Waals surface area contributed by atoms with Crippen molar-refractivity contribution in [3.63, 3.8) is 0 Å². The van der Waals surface area contributed by atoms with Crippen molar-refractivity contribution >= 4 is 17.3 Å². The summed E-state index contributed by atoms with van der Waals surface area (Å²) in [7, 11) is 0. The Kier molecular flexibility index (Phi) is 4.21. The molecule has 1 N–H and O–H groups in total. The van der Waals surface area contributed by atoms with Gasteiger partial charge in [-0.2, -0.15) is 0 Å². The number of anilines is 2. The maximum absolute atomic E-state index is 13.4. The number of pyridine rings is 1. The van der Waals surface area contributed by atoms with E-state index in [4.69, 9.17) is 0 Å². The Morgan fingerprint density at radius 2 is 2.05 bits per heavy atom. The third-order valence-corrected chi connectivity index (χ3v) is 3.25. The smallest absolute Gasteiger partial charge is 0.339 e. The van der Waals surface area contributed by atoms with Crippen molar-refractivity contribution in [2.75, 3.05) is 11.4 Å². The maximum atomic E-state index is 13.4. The van der Waals surface area contributed by atoms with E-state index in [0.717, 1.165) is 5.69 Å². The topological polar surface area (TPSA) is 53.4 Å². The van der Waals surface area contributed by atoms with Crippen LogP contribution < -0.4 is 4.90 Å². The average Bonchev–Trinajstić information content (AvgIpc) is 2.38. The van der Waals surface area contributed by atoms with Crippen LogP contribution in [0.15, 0.2) is 30.3 Å². The molecule has 2 rings (SSSR count). The minimum absolute atomic E-state index is 0.145. The van der Waals surface area contributed by atoms with E-state index in [1.807, 2.05) is 13.8 Å². The summed E-state index contributed by atoms with van der Waals surface area (Å²) < 4.78 is 13.4. The molecule has 1 heterocycles. The van der Waals surface area contributed by atoms with Gasteiger partial charge in [-0.3, -0.25) is 4.98 Å². The number of aromatic carboxylic acids is 1. The summed E-state index contributed by atoms with van der Waals surface area (Å²) in [6, 6.07) is 7.82. The van der Waals surface area contributed by atoms with E-state index >= 15 is 0 Å². The lowest BCUT2D eigenvalue weighted by Crippen LogP contribution is -2.21. The molecule has 4 nitrogen and oxygen atoms in total. The second kappa shape index (κ2) is 5.91. The van der Waals surface area contributed by atoms with Crippen LogP contribution >= 0.6 is 0 Å². The highest BCUT2D eigenvalue weighted by Crippen LogP contribution is 2.30. The summed E-state index contributed by atoms with van der Waals surface area (Å²) in [4.78, 5) is 17.5. The monoisotopic (exact) mass is 288 g/mol. The molecule has 2 aromatic rings. The van der Waals surface area contributed by atoms with Crippen LogP contribution in [0.4, 0.5) is 15.8 Å². The zero-order valence-corrected chi connectivity index (χ0v) is 12.2. The lowest BCUT2D eigenvalue weighted by Gasteiger charge is -2.26. The first-order chi connectivity index (χ1) is 9.93. The highest BCUT2D eigenvalue weighted by Gasteiger charge is 2.20. The standard InChI is InChI=1S/C16H17FN2O2/c1-4-19(13-7-5-6-12(17)9-13)14-8-10(2)18-11(3)15(14)16(20)21/h5-9H,4H2,1-3H3,(H,20,21). The van der Waals surface area contributed by atoms with Crippen molar-refractivity contribution in [1.29, 1.82) is 0 Å². The summed E-state index contributed by atoms with van der Waals surface area (Å²) in [5, 5.41) is 9.44. The van der Waals surface area contributed by atoms with E-state index in [0.29, 0.717) is 23.6 Å². The largest absolute Gasteiger partial charge is 0.478 e. The molecule has 0 aliphatic carbocycles. The summed E-state index contributed by atoms with van der Waals surface area (Å²) in [6.45, 7) is 5.88. The molecule has 0 saturated carbocycles. The van der Waals surface area contributed by atoms with E-state index in [1.165, 1.54) is 12.1 Å². The fourth-order valence-corrected chi connectivity index (χ4v) is 2.42. The molecule has 0 fully saturated rings. The van der Waals surface area contributed by atoms with Crippen molar-refractivity contribution in [2.24, 2.45) is 0 Å². The molecule has 0 aliphatic rings. The van der Waals surface area contributed by atoms with Gasteiger partial charge in [0.15, 0.2) is 0 Å². The van der Waals surface area contributed by atoms with E-state index < -0.39 is 5.97 Å². The number of carboxylic acids is 1. The molecule has 0 saturated heterocycles. The molecule has 0 atom stereocenters. The average molecular weight is 288 g/mol. The third kappa shape index (κ3) is 3.02. The van der Waals surface area contributed by atoms with Gasteiger partial charge in [0.25, 0.3) is 0 Å². The van der Waals surface area contributed by atoms with Crippen LogP contribution in [0.5, 0.6) is 0 Å². The molecular weight excluding hydrogens is 271 g/mol. The van der Waals surface area contributed by atoms with Crippen molar-refractivity contribution in [3.8, 4) is 0 Å². The summed E-state index contributed by atoms with van der Waals surface area (Å²) >= 11 is 0. The minimum atomic E-state index is -1.04. The van der Waals surface area contributed by atoms with Gasteiger partial charge in [-0.05, 0) is 45.0 Å². The number of benzene rings is 1. The van der Waals surface area contributed by atoms with Gasteiger partial charge in [0.05, 0.1) is 11.4 Å². The number of aromatic nitrogens is 1. The van der Waals surface area contributed by atoms with Crippen molar-refractivity contribution < 1.29 is 14.3 Å². The predicted octanol–water partition coefficient (Wildman–Crippen LogP) is 3.69. The van der Waals surface area contributed by atoms with E-state index in [1.54, 1.807) is 30.0 Å². The molecule has 5 heteroatoms. The number of rotatable bonds is 4. The quantitative estimate of drug-likeness (QED) is 0.932. The molecule has 21 heavy (non-hydrogen) atoms. The zero-order valence-electron chi connectivity index (χ0n) is 12.2. The number of carboxylic acid groups (broad SMARTS) is 1. The predicted molar refractivity (Wildman–Crippen MR) is 79.8 cm³/mol. The normalized spacial score (nSPS) is 10.5. The van der Waals surface area contributed by atoms with Crippen LogP contribution in [0.25, 0.3) is 0 Å². The van der Waals surface area contributed by atoms with Gasteiger partial charge in [0.2, 0.25) is 0 Å². The van der Waals surface area contributed by atoms with Crippen LogP contribution in [0.3, 0.4) is 0 Å². The molecule has 0 bridgehead atoms. The zero-order chi connectivity index (χ0) is 15.6. The lowest BCUT2D eigenvalue weighted by molar-refractivity contribution is 0.0696. The summed E-state index contributed by atoms with van der Waals surface area (Å²) in [5.41, 5.74) is 2.46. The number of carbonyl (C=O) groups is 1. The molecule has 0 unspecified atom stereocenters. The molecule has 0 aliphatic heterocycles. The molecule has 0 amide bonds. The molecule has 1 aromatic heterocycles. The first-order valence-electron chi connectivity index (χ1n) is 6.68. The maximum Gasteiger partial charge on any atom is 0.339 e. The van der Waals surface area contributed by atoms with Crippen molar-refractivity contribution in [2.45, 2.75) is 20.8 Å². The molecular formula is C16H17FN2O2. The molecule has 0 spiro atoms. The van der Waals surface area contributed by atoms with E-state index in [-0.39, 0.29) is 11.4 Å². The van der Waals surface area contributed by atoms with Crippen molar-refractivity contribution in [3.05, 3.63) is 53.1 Å². The number of nitrogens with zero attached hydrogens (tertiary/aromatic N) is 2. The molecule has 0 radical (unpaired) electrons. The Morgan fingerprint density at radius 1 is 1.33 bits per heavy atom. The highest BCUT2D eigenvalue weighted by molar-refractivity contribution is 5.96. The number of hydrogen-bond donors (Lipinski definition) is 1. The Hall–Kier alpha value is -2.43. The van der Waals surface area contributed by atoms with Gasteiger partial charge in [0, 0.05) is 17.9 Å². The first kappa shape index (κ1) is 15.0. The Balaban J connectivity index is 2.65. The number of aryl methyl sites for hydroxylation is 2.